The molecule has 4 nitrogen and oxygen atoms in total. The Hall–Kier alpha value is -7.21. The van der Waals surface area contributed by atoms with E-state index in [1.807, 2.05) is 18.2 Å². The van der Waals surface area contributed by atoms with Gasteiger partial charge in [0.1, 0.15) is 11.0 Å². The normalized spacial score (nSPS) is 12.8. The van der Waals surface area contributed by atoms with Crippen molar-refractivity contribution in [3.8, 4) is 45.3 Å². The number of thiophene rings is 1. The second-order valence-electron chi connectivity index (χ2n) is 15.0. The summed E-state index contributed by atoms with van der Waals surface area (Å²) in [6.07, 6.45) is 4.05. The molecule has 0 spiro atoms. The molecule has 3 heterocycles. The van der Waals surface area contributed by atoms with Gasteiger partial charge < -0.3 is 4.42 Å². The molecule has 5 heteroatoms. The summed E-state index contributed by atoms with van der Waals surface area (Å²) in [5, 5.41) is 9.84. The Balaban J connectivity index is 1.02. The van der Waals surface area contributed by atoms with E-state index in [1.165, 1.54) is 63.6 Å². The van der Waals surface area contributed by atoms with Gasteiger partial charge in [0.2, 0.25) is 0 Å². The highest BCUT2D eigenvalue weighted by atomic mass is 32.1. The third kappa shape index (κ3) is 5.39. The van der Waals surface area contributed by atoms with Gasteiger partial charge >= 0.3 is 0 Å². The predicted octanol–water partition coefficient (Wildman–Crippen LogP) is 12.7. The van der Waals surface area contributed by atoms with Crippen LogP contribution < -0.4 is 10.6 Å². The minimum Gasteiger partial charge on any atom is -0.456 e. The van der Waals surface area contributed by atoms with Crippen molar-refractivity contribution < 1.29 is 4.42 Å². The smallest absolute Gasteiger partial charge is 0.164 e. The first-order chi connectivity index (χ1) is 28.7. The van der Waals surface area contributed by atoms with Gasteiger partial charge in [-0.1, -0.05) is 133 Å². The lowest BCUT2D eigenvalue weighted by Crippen LogP contribution is -2.26. The van der Waals surface area contributed by atoms with Crippen LogP contribution in [-0.2, 0) is 0 Å². The molecule has 0 fully saturated rings. The number of nitrogens with zero attached hydrogens (tertiary/aromatic N) is 3. The highest BCUT2D eigenvalue weighted by Crippen LogP contribution is 2.38. The van der Waals surface area contributed by atoms with Crippen LogP contribution in [0.5, 0.6) is 0 Å². The van der Waals surface area contributed by atoms with E-state index >= 15 is 0 Å². The van der Waals surface area contributed by atoms with Crippen molar-refractivity contribution >= 4 is 75.7 Å². The summed E-state index contributed by atoms with van der Waals surface area (Å²) in [4.78, 5) is 15.3. The molecule has 0 radical (unpaired) electrons. The number of rotatable bonds is 5. The first-order valence-corrected chi connectivity index (χ1v) is 20.5. The number of furan rings is 1. The van der Waals surface area contributed by atoms with Crippen LogP contribution in [0.4, 0.5) is 0 Å². The van der Waals surface area contributed by atoms with Crippen LogP contribution in [0.3, 0.4) is 0 Å². The van der Waals surface area contributed by atoms with Crippen molar-refractivity contribution in [2.45, 2.75) is 12.8 Å². The fourth-order valence-corrected chi connectivity index (χ4v) is 10.0. The third-order valence-corrected chi connectivity index (χ3v) is 12.7. The van der Waals surface area contributed by atoms with E-state index in [0.29, 0.717) is 17.5 Å². The molecule has 0 atom stereocenters. The maximum atomic E-state index is 6.58. The zero-order valence-electron chi connectivity index (χ0n) is 31.3. The van der Waals surface area contributed by atoms with Gasteiger partial charge in [-0.15, -0.1) is 11.3 Å². The number of hydrogen-bond donors (Lipinski definition) is 0. The maximum absolute atomic E-state index is 6.58. The quantitative estimate of drug-likeness (QED) is 0.164. The lowest BCUT2D eigenvalue weighted by atomic mass is 9.91. The van der Waals surface area contributed by atoms with Gasteiger partial charge in [-0.25, -0.2) is 15.0 Å². The van der Waals surface area contributed by atoms with Crippen molar-refractivity contribution in [3.63, 3.8) is 0 Å². The molecule has 58 heavy (non-hydrogen) atoms. The van der Waals surface area contributed by atoms with Gasteiger partial charge in [0, 0.05) is 47.5 Å². The van der Waals surface area contributed by atoms with Gasteiger partial charge in [0.25, 0.3) is 0 Å². The van der Waals surface area contributed by atoms with Crippen molar-refractivity contribution in [3.05, 3.63) is 186 Å². The van der Waals surface area contributed by atoms with Crippen molar-refractivity contribution in [1.29, 1.82) is 0 Å². The van der Waals surface area contributed by atoms with E-state index in [2.05, 4.69) is 158 Å². The Morgan fingerprint density at radius 3 is 1.95 bits per heavy atom. The Morgan fingerprint density at radius 1 is 0.431 bits per heavy atom. The topological polar surface area (TPSA) is 51.8 Å². The van der Waals surface area contributed by atoms with Gasteiger partial charge in [-0.05, 0) is 99.1 Å². The van der Waals surface area contributed by atoms with E-state index in [-0.39, 0.29) is 0 Å². The molecule has 12 rings (SSSR count). The Bertz CT molecular complexity index is 3580. The van der Waals surface area contributed by atoms with Crippen LogP contribution in [-0.4, -0.2) is 15.0 Å². The highest BCUT2D eigenvalue weighted by Gasteiger charge is 2.19. The summed E-state index contributed by atoms with van der Waals surface area (Å²) < 4.78 is 9.07. The summed E-state index contributed by atoms with van der Waals surface area (Å²) in [5.74, 6) is 1.96. The summed E-state index contributed by atoms with van der Waals surface area (Å²) in [6, 6.07) is 60.4. The zero-order chi connectivity index (χ0) is 38.2. The molecule has 1 aliphatic rings. The average Bonchev–Trinajstić information content (AvgIpc) is 3.87. The lowest BCUT2D eigenvalue weighted by Gasteiger charge is -2.13. The van der Waals surface area contributed by atoms with Gasteiger partial charge in [0.05, 0.1) is 0 Å². The number of aromatic nitrogens is 3. The summed E-state index contributed by atoms with van der Waals surface area (Å²) >= 11 is 1.80. The average molecular weight is 760 g/mol. The second kappa shape index (κ2) is 13.2. The molecule has 0 N–H and O–H groups in total. The first-order valence-electron chi connectivity index (χ1n) is 19.7. The standard InChI is InChI=1S/C53H33N3OS/c1-2-12-32(13-3-1)51-54-52(56-53(55-51)37-24-26-43-42-20-8-9-23-48(42)58-49(43)31-37)36-16-10-15-33(28-36)39-21-11-22-47-50(39)45-30-35(25-27-46(45)57-47)44-29-34-14-4-5-17-38(34)40-18-6-7-19-41(40)44/h1-10,12-20,22-31H,11,21H2. The predicted molar refractivity (Wildman–Crippen MR) is 241 cm³/mol. The minimum absolute atomic E-state index is 0.646. The summed E-state index contributed by atoms with van der Waals surface area (Å²) in [5.41, 5.74) is 9.52. The van der Waals surface area contributed by atoms with Crippen molar-refractivity contribution in [2.75, 3.05) is 0 Å². The lowest BCUT2D eigenvalue weighted by molar-refractivity contribution is 0.571. The summed E-state index contributed by atoms with van der Waals surface area (Å²) in [7, 11) is 0. The van der Waals surface area contributed by atoms with Crippen molar-refractivity contribution in [1.82, 2.24) is 15.0 Å². The van der Waals surface area contributed by atoms with Gasteiger partial charge in [-0.3, -0.25) is 0 Å². The molecule has 0 amide bonds. The van der Waals surface area contributed by atoms with E-state index in [4.69, 9.17) is 19.4 Å². The molecule has 272 valence electrons. The Labute approximate surface area is 337 Å². The SMILES string of the molecule is C1=c2oc3ccc(-c4cc5ccccc5c5ccccc45)cc3c2=C(c2cccc(-c3nc(-c4ccccc4)nc(-c4ccc5c(c4)sc4ccccc45)n3)c2)CC1. The molecule has 0 saturated carbocycles. The molecule has 3 aromatic heterocycles. The third-order valence-electron chi connectivity index (χ3n) is 11.6. The molecular weight excluding hydrogens is 727 g/mol. The molecule has 0 saturated heterocycles. The monoisotopic (exact) mass is 759 g/mol. The molecule has 8 aromatic carbocycles. The number of fused-ring (bicyclic) bond motifs is 9. The Morgan fingerprint density at radius 2 is 1.09 bits per heavy atom. The van der Waals surface area contributed by atoms with Crippen LogP contribution in [0, 0.1) is 0 Å². The molecule has 1 aliphatic carbocycles. The molecule has 11 aromatic rings. The number of hydrogen-bond acceptors (Lipinski definition) is 5. The van der Waals surface area contributed by atoms with Crippen LogP contribution in [0.1, 0.15) is 18.4 Å². The number of benzene rings is 8. The molecule has 0 aliphatic heterocycles. The first kappa shape index (κ1) is 33.0. The molecule has 0 bridgehead atoms. The largest absolute Gasteiger partial charge is 0.456 e. The fourth-order valence-electron chi connectivity index (χ4n) is 8.85. The highest BCUT2D eigenvalue weighted by molar-refractivity contribution is 7.25. The van der Waals surface area contributed by atoms with E-state index in [1.54, 1.807) is 11.3 Å². The fraction of sp³-hybridized carbons (Fsp3) is 0.0377. The van der Waals surface area contributed by atoms with Crippen LogP contribution in [0.25, 0.3) is 110 Å². The van der Waals surface area contributed by atoms with Gasteiger partial charge in [0.15, 0.2) is 17.5 Å². The zero-order valence-corrected chi connectivity index (χ0v) is 32.1. The van der Waals surface area contributed by atoms with Crippen LogP contribution >= 0.6 is 11.3 Å². The maximum Gasteiger partial charge on any atom is 0.164 e. The van der Waals surface area contributed by atoms with Crippen LogP contribution in [0.15, 0.2) is 174 Å². The van der Waals surface area contributed by atoms with Crippen LogP contribution in [0.2, 0.25) is 0 Å². The summed E-state index contributed by atoms with van der Waals surface area (Å²) in [6.45, 7) is 0. The van der Waals surface area contributed by atoms with E-state index < -0.39 is 0 Å². The molecule has 0 unspecified atom stereocenters. The Kier molecular flexibility index (Phi) is 7.50. The minimum atomic E-state index is 0.646. The second-order valence-corrected chi connectivity index (χ2v) is 16.1. The van der Waals surface area contributed by atoms with Gasteiger partial charge in [-0.2, -0.15) is 0 Å². The van der Waals surface area contributed by atoms with E-state index in [9.17, 15) is 0 Å². The van der Waals surface area contributed by atoms with E-state index in [0.717, 1.165) is 51.5 Å². The molecular formula is C53H33N3OS. The van der Waals surface area contributed by atoms with Crippen molar-refractivity contribution in [2.24, 2.45) is 0 Å².